The molecule has 1 aliphatic heterocycles. The second-order valence-corrected chi connectivity index (χ2v) is 2.67. The predicted octanol–water partition coefficient (Wildman–Crippen LogP) is -1.66. The van der Waals surface area contributed by atoms with E-state index >= 15 is 0 Å². The van der Waals surface area contributed by atoms with Crippen molar-refractivity contribution in [3.05, 3.63) is 101 Å². The van der Waals surface area contributed by atoms with Crippen molar-refractivity contribution in [2.45, 2.75) is 0 Å². The van der Waals surface area contributed by atoms with Gasteiger partial charge in [-0.3, -0.25) is 0 Å². The van der Waals surface area contributed by atoms with E-state index in [0.29, 0.717) is 0 Å². The molecule has 5 heteroatoms. The minimum absolute atomic E-state index is 0. The predicted molar refractivity (Wildman–Crippen MR) is 96.7 cm³/mol. The summed E-state index contributed by atoms with van der Waals surface area (Å²) in [7, 11) is 0. The molecule has 0 unspecified atom stereocenters. The zero-order chi connectivity index (χ0) is 17.8. The van der Waals surface area contributed by atoms with Crippen LogP contribution in [0.4, 0.5) is 0 Å². The van der Waals surface area contributed by atoms with E-state index in [2.05, 4.69) is 69.2 Å². The molecule has 0 spiro atoms. The molecule has 1 fully saturated rings. The molecule has 1 saturated heterocycles. The van der Waals surface area contributed by atoms with Crippen molar-refractivity contribution in [1.82, 2.24) is 0 Å². The Bertz CT molecular complexity index is 74.3. The molecule has 1 heterocycles. The summed E-state index contributed by atoms with van der Waals surface area (Å²) in [6, 6.07) is 0. The van der Waals surface area contributed by atoms with Crippen LogP contribution in [0.3, 0.4) is 0 Å². The third-order valence-corrected chi connectivity index (χ3v) is 0.744. The van der Waals surface area contributed by atoms with Crippen LogP contribution in [0, 0.1) is 140 Å². The molecule has 0 atom stereocenters. The van der Waals surface area contributed by atoms with Gasteiger partial charge in [0.25, 0.3) is 0 Å². The van der Waals surface area contributed by atoms with E-state index in [1.807, 2.05) is 0 Å². The van der Waals surface area contributed by atoms with E-state index in [0.717, 1.165) is 26.4 Å². The van der Waals surface area contributed by atoms with Gasteiger partial charge in [0.05, 0.1) is 26.4 Å². The second-order valence-electron chi connectivity index (χ2n) is 2.67. The molecular formula is C19H33DyLi2O2+2. The van der Waals surface area contributed by atoms with Gasteiger partial charge in [0.2, 0.25) is 0 Å². The first kappa shape index (κ1) is 50.3. The van der Waals surface area contributed by atoms with Crippen molar-refractivity contribution in [2.75, 3.05) is 26.4 Å². The molecule has 1 rings (SSSR count). The molecule has 0 aromatic heterocycles. The quantitative estimate of drug-likeness (QED) is 0.395. The van der Waals surface area contributed by atoms with Crippen molar-refractivity contribution >= 4 is 0 Å². The van der Waals surface area contributed by atoms with Crippen LogP contribution in [-0.2, 0) is 9.47 Å². The van der Waals surface area contributed by atoms with Crippen LogP contribution < -0.4 is 37.7 Å². The van der Waals surface area contributed by atoms with E-state index in [1.54, 1.807) is 0 Å². The van der Waals surface area contributed by atoms with Gasteiger partial charge < -0.3 is 9.47 Å². The Morgan fingerprint density at radius 1 is 0.417 bits per heavy atom. The third kappa shape index (κ3) is 190. The van der Waals surface area contributed by atoms with Gasteiger partial charge in [0.1, 0.15) is 0 Å². The van der Waals surface area contributed by atoms with Crippen LogP contribution in [0.25, 0.3) is 0 Å². The minimum atomic E-state index is 0. The largest absolute Gasteiger partial charge is 1.00 e. The van der Waals surface area contributed by atoms with E-state index in [4.69, 9.17) is 9.47 Å². The minimum Gasteiger partial charge on any atom is -0.377 e. The van der Waals surface area contributed by atoms with Crippen LogP contribution in [0.1, 0.15) is 0 Å². The van der Waals surface area contributed by atoms with Crippen LogP contribution in [0.15, 0.2) is 0 Å². The maximum Gasteiger partial charge on any atom is 1.00 e. The van der Waals surface area contributed by atoms with Crippen molar-refractivity contribution in [1.29, 1.82) is 0 Å². The number of hydrogen-bond acceptors (Lipinski definition) is 2. The van der Waals surface area contributed by atoms with E-state index in [9.17, 15) is 0 Å². The summed E-state index contributed by atoms with van der Waals surface area (Å²) < 4.78 is 9.89. The van der Waals surface area contributed by atoms with Gasteiger partial charge in [-0.15, -0.1) is 0 Å². The maximum atomic E-state index is 4.94. The summed E-state index contributed by atoms with van der Waals surface area (Å²) in [6.07, 6.45) is 7.50. The third-order valence-electron chi connectivity index (χ3n) is 0.744. The van der Waals surface area contributed by atoms with Gasteiger partial charge in [-0.2, -0.15) is 0 Å². The first-order chi connectivity index (χ1) is 10.1. The molecular weight excluding hydrogens is 437 g/mol. The molecule has 2 nitrogen and oxygen atoms in total. The molecule has 0 N–H and O–H groups in total. The molecule has 0 amide bonds. The second kappa shape index (κ2) is 84.2. The van der Waals surface area contributed by atoms with Crippen LogP contribution in [0.2, 0.25) is 0 Å². The Morgan fingerprint density at radius 3 is 0.542 bits per heavy atom. The summed E-state index contributed by atoms with van der Waals surface area (Å²) in [5.41, 5.74) is 0. The Morgan fingerprint density at radius 2 is 0.500 bits per heavy atom. The first-order valence-electron chi connectivity index (χ1n) is 6.24. The Hall–Kier alpha value is 2.39. The molecule has 0 aliphatic carbocycles. The molecule has 0 saturated carbocycles. The summed E-state index contributed by atoms with van der Waals surface area (Å²) in [4.78, 5) is 0. The Kier molecular flexibility index (Phi) is 177. The van der Waals surface area contributed by atoms with Crippen molar-refractivity contribution < 1.29 is 85.4 Å². The topological polar surface area (TPSA) is 18.5 Å². The maximum absolute atomic E-state index is 4.94. The number of ether oxygens (including phenoxy) is 2. The smallest absolute Gasteiger partial charge is 0.377 e. The SMILES string of the molecule is C1COCCO1.[CH2][CH][CH2].[CH2][CH][CH2].[CH2][CH][CH2].[CH2][CH][CH2].[CH2][CH][CH2].[Dy].[Li+].[Li+]. The molecule has 131 valence electrons. The number of hydrogen-bond donors (Lipinski definition) is 0. The zero-order valence-corrected chi connectivity index (χ0v) is 17.9. The average molecular weight is 470 g/mol. The Balaban J connectivity index is -0.0000000216. The Labute approximate surface area is 211 Å². The molecule has 0 aromatic carbocycles. The average Bonchev–Trinajstić information content (AvgIpc) is 2.45. The normalized spacial score (nSPS) is 9.75. The fourth-order valence-corrected chi connectivity index (χ4v) is 0.440. The summed E-state index contributed by atoms with van der Waals surface area (Å²) in [5.74, 6) is 0. The van der Waals surface area contributed by atoms with Crippen molar-refractivity contribution in [3.8, 4) is 0 Å². The van der Waals surface area contributed by atoms with Crippen LogP contribution >= 0.6 is 0 Å². The first-order valence-corrected chi connectivity index (χ1v) is 6.24. The zero-order valence-electron chi connectivity index (χ0n) is 15.9. The monoisotopic (exact) mass is 471 g/mol. The summed E-state index contributed by atoms with van der Waals surface area (Å²) >= 11 is 0. The van der Waals surface area contributed by atoms with Gasteiger partial charge in [-0.25, -0.2) is 0 Å². The van der Waals surface area contributed by atoms with Crippen LogP contribution in [-0.4, -0.2) is 26.4 Å². The van der Waals surface area contributed by atoms with Crippen LogP contribution in [0.5, 0.6) is 0 Å². The van der Waals surface area contributed by atoms with E-state index < -0.39 is 0 Å². The fourth-order valence-electron chi connectivity index (χ4n) is 0.440. The van der Waals surface area contributed by atoms with Gasteiger partial charge in [0, 0.05) is 38.2 Å². The van der Waals surface area contributed by atoms with Gasteiger partial charge >= 0.3 is 37.7 Å². The molecule has 24 heavy (non-hydrogen) atoms. The van der Waals surface area contributed by atoms with Gasteiger partial charge in [-0.05, 0) is 101 Å². The van der Waals surface area contributed by atoms with Crippen molar-refractivity contribution in [3.63, 3.8) is 0 Å². The fraction of sp³-hybridized carbons (Fsp3) is 0.211. The van der Waals surface area contributed by atoms with Gasteiger partial charge in [0.15, 0.2) is 0 Å². The standard InChI is InChI=1S/C4H8O2.5C3H5.Dy.2Li/c1-2-6-4-3-5-1;5*1-3-2;;;/h1-4H2;5*3H,1-2H2;;;/q;;;;;;;2*+1. The molecule has 0 aromatic rings. The van der Waals surface area contributed by atoms with Gasteiger partial charge in [-0.1, -0.05) is 0 Å². The number of rotatable bonds is 0. The van der Waals surface area contributed by atoms with Crippen molar-refractivity contribution in [2.24, 2.45) is 0 Å². The summed E-state index contributed by atoms with van der Waals surface area (Å²) in [6.45, 7) is 35.6. The summed E-state index contributed by atoms with van der Waals surface area (Å²) in [5, 5.41) is 0. The molecule has 1 aliphatic rings. The molecule has 15 radical (unpaired) electrons. The van der Waals surface area contributed by atoms with E-state index in [1.165, 1.54) is 32.1 Å². The van der Waals surface area contributed by atoms with E-state index in [-0.39, 0.29) is 75.9 Å². The molecule has 0 bridgehead atoms.